The van der Waals surface area contributed by atoms with Crippen LogP contribution in [0.1, 0.15) is 21.5 Å². The number of fused-ring (bicyclic) bond motifs is 1. The second kappa shape index (κ2) is 9.69. The molecule has 1 amide bonds. The number of carbonyl (C=O) groups is 1. The van der Waals surface area contributed by atoms with Gasteiger partial charge in [0.1, 0.15) is 5.75 Å². The van der Waals surface area contributed by atoms with Crippen LogP contribution in [-0.2, 0) is 27.7 Å². The largest absolute Gasteiger partial charge is 0.493 e. The Morgan fingerprint density at radius 2 is 1.69 bits per heavy atom. The summed E-state index contributed by atoms with van der Waals surface area (Å²) in [6, 6.07) is 18.6. The molecule has 2 heterocycles. The van der Waals surface area contributed by atoms with Gasteiger partial charge in [-0.15, -0.1) is 0 Å². The molecule has 1 saturated heterocycles. The van der Waals surface area contributed by atoms with E-state index in [0.717, 1.165) is 35.5 Å². The first-order chi connectivity index (χ1) is 16.9. The zero-order valence-electron chi connectivity index (χ0n) is 19.2. The van der Waals surface area contributed by atoms with Gasteiger partial charge in [0.05, 0.1) is 30.3 Å². The quantitative estimate of drug-likeness (QED) is 0.546. The normalized spacial score (nSPS) is 15.4. The summed E-state index contributed by atoms with van der Waals surface area (Å²) >= 11 is 0. The van der Waals surface area contributed by atoms with Crippen LogP contribution < -0.4 is 20.1 Å². The fourth-order valence-electron chi connectivity index (χ4n) is 4.41. The van der Waals surface area contributed by atoms with E-state index >= 15 is 0 Å². The van der Waals surface area contributed by atoms with E-state index in [1.165, 1.54) is 17.7 Å². The molecule has 1 fully saturated rings. The summed E-state index contributed by atoms with van der Waals surface area (Å²) in [6.45, 7) is 3.35. The number of sulfonamides is 1. The molecule has 0 radical (unpaired) electrons. The molecule has 0 saturated carbocycles. The Hall–Kier alpha value is -3.40. The monoisotopic (exact) mass is 493 g/mol. The Bertz CT molecular complexity index is 1350. The fraction of sp³-hybridized carbons (Fsp3) is 0.269. The first-order valence-corrected chi connectivity index (χ1v) is 13.1. The standard InChI is InChI=1S/C26H27N3O5S/c27-35(31,32)22-6-7-24(29-10-13-33-14-11-29)23(16-22)26(30)28-17-18-1-3-19(4-2-18)20-5-8-25-21(15-20)9-12-34-25/h1-8,15-16H,9-14,17H2,(H,28,30)(H2,27,31,32). The first-order valence-electron chi connectivity index (χ1n) is 11.5. The topological polar surface area (TPSA) is 111 Å². The zero-order valence-corrected chi connectivity index (χ0v) is 20.0. The van der Waals surface area contributed by atoms with Crippen molar-refractivity contribution in [3.05, 3.63) is 77.4 Å². The van der Waals surface area contributed by atoms with Crippen LogP contribution in [0.3, 0.4) is 0 Å². The van der Waals surface area contributed by atoms with Crippen LogP contribution in [0.4, 0.5) is 5.69 Å². The molecule has 8 nitrogen and oxygen atoms in total. The maximum atomic E-state index is 13.1. The highest BCUT2D eigenvalue weighted by molar-refractivity contribution is 7.89. The molecule has 0 aromatic heterocycles. The SMILES string of the molecule is NS(=O)(=O)c1ccc(N2CCOCC2)c(C(=O)NCc2ccc(-c3ccc4c(c3)CCO4)cc2)c1. The summed E-state index contributed by atoms with van der Waals surface area (Å²) in [5.41, 5.74) is 5.30. The Morgan fingerprint density at radius 1 is 0.943 bits per heavy atom. The van der Waals surface area contributed by atoms with Crippen LogP contribution in [-0.4, -0.2) is 47.2 Å². The molecular weight excluding hydrogens is 466 g/mol. The number of nitrogens with one attached hydrogen (secondary N) is 1. The van der Waals surface area contributed by atoms with E-state index in [-0.39, 0.29) is 16.4 Å². The minimum Gasteiger partial charge on any atom is -0.493 e. The lowest BCUT2D eigenvalue weighted by atomic mass is 10.0. The van der Waals surface area contributed by atoms with Gasteiger partial charge in [-0.05, 0) is 52.6 Å². The van der Waals surface area contributed by atoms with Crippen molar-refractivity contribution in [1.29, 1.82) is 0 Å². The van der Waals surface area contributed by atoms with Crippen molar-refractivity contribution in [2.24, 2.45) is 5.14 Å². The second-order valence-electron chi connectivity index (χ2n) is 8.62. The van der Waals surface area contributed by atoms with E-state index in [4.69, 9.17) is 14.6 Å². The number of nitrogens with two attached hydrogens (primary N) is 1. The Morgan fingerprint density at radius 3 is 2.43 bits per heavy atom. The number of amides is 1. The van der Waals surface area contributed by atoms with Gasteiger partial charge in [0.15, 0.2) is 0 Å². The van der Waals surface area contributed by atoms with Crippen LogP contribution in [0.15, 0.2) is 65.6 Å². The summed E-state index contributed by atoms with van der Waals surface area (Å²) in [4.78, 5) is 15.1. The minimum atomic E-state index is -3.94. The molecule has 35 heavy (non-hydrogen) atoms. The lowest BCUT2D eigenvalue weighted by Crippen LogP contribution is -2.38. The molecule has 0 unspecified atom stereocenters. The molecule has 3 aromatic carbocycles. The summed E-state index contributed by atoms with van der Waals surface area (Å²) in [5.74, 6) is 0.593. The molecule has 9 heteroatoms. The third kappa shape index (κ3) is 5.17. The highest BCUT2D eigenvalue weighted by Gasteiger charge is 2.22. The lowest BCUT2D eigenvalue weighted by molar-refractivity contribution is 0.0949. The van der Waals surface area contributed by atoms with E-state index in [1.807, 2.05) is 41.3 Å². The van der Waals surface area contributed by atoms with Gasteiger partial charge in [-0.3, -0.25) is 4.79 Å². The Balaban J connectivity index is 1.32. The van der Waals surface area contributed by atoms with Crippen molar-refractivity contribution < 1.29 is 22.7 Å². The Kier molecular flexibility index (Phi) is 6.46. The van der Waals surface area contributed by atoms with Crippen molar-refractivity contribution in [2.75, 3.05) is 37.8 Å². The van der Waals surface area contributed by atoms with Crippen molar-refractivity contribution in [1.82, 2.24) is 5.32 Å². The van der Waals surface area contributed by atoms with E-state index < -0.39 is 10.0 Å². The molecular formula is C26H27N3O5S. The average molecular weight is 494 g/mol. The van der Waals surface area contributed by atoms with E-state index in [0.29, 0.717) is 38.5 Å². The average Bonchev–Trinajstić information content (AvgIpc) is 3.35. The minimum absolute atomic E-state index is 0.0937. The lowest BCUT2D eigenvalue weighted by Gasteiger charge is -2.30. The van der Waals surface area contributed by atoms with E-state index in [1.54, 1.807) is 6.07 Å². The number of nitrogens with zero attached hydrogens (tertiary/aromatic N) is 1. The van der Waals surface area contributed by atoms with Gasteiger partial charge in [0, 0.05) is 31.7 Å². The zero-order chi connectivity index (χ0) is 24.4. The van der Waals surface area contributed by atoms with Crippen molar-refractivity contribution >= 4 is 21.6 Å². The smallest absolute Gasteiger partial charge is 0.253 e. The van der Waals surface area contributed by atoms with Crippen molar-refractivity contribution in [3.8, 4) is 16.9 Å². The number of ether oxygens (including phenoxy) is 2. The molecule has 3 N–H and O–H groups in total. The number of hydrogen-bond donors (Lipinski definition) is 2. The van der Waals surface area contributed by atoms with Crippen LogP contribution >= 0.6 is 0 Å². The Labute approximate surface area is 204 Å². The molecule has 5 rings (SSSR count). The first kappa shape index (κ1) is 23.3. The highest BCUT2D eigenvalue weighted by Crippen LogP contribution is 2.30. The number of morpholine rings is 1. The maximum absolute atomic E-state index is 13.1. The van der Waals surface area contributed by atoms with E-state index in [9.17, 15) is 13.2 Å². The van der Waals surface area contributed by atoms with Crippen LogP contribution in [0.2, 0.25) is 0 Å². The third-order valence-corrected chi connectivity index (χ3v) is 7.23. The van der Waals surface area contributed by atoms with Gasteiger partial charge >= 0.3 is 0 Å². The molecule has 0 spiro atoms. The third-order valence-electron chi connectivity index (χ3n) is 6.32. The highest BCUT2D eigenvalue weighted by atomic mass is 32.2. The molecule has 2 aliphatic rings. The number of anilines is 1. The number of primary sulfonamides is 1. The van der Waals surface area contributed by atoms with Gasteiger partial charge in [0.2, 0.25) is 10.0 Å². The molecule has 0 bridgehead atoms. The summed E-state index contributed by atoms with van der Waals surface area (Å²) in [7, 11) is -3.94. The van der Waals surface area contributed by atoms with Gasteiger partial charge in [-0.25, -0.2) is 13.6 Å². The molecule has 2 aliphatic heterocycles. The molecule has 0 atom stereocenters. The number of rotatable bonds is 6. The number of carbonyl (C=O) groups excluding carboxylic acids is 1. The van der Waals surface area contributed by atoms with Gasteiger partial charge in [-0.1, -0.05) is 30.3 Å². The molecule has 3 aromatic rings. The van der Waals surface area contributed by atoms with Gasteiger partial charge in [0.25, 0.3) is 5.91 Å². The van der Waals surface area contributed by atoms with E-state index in [2.05, 4.69) is 11.4 Å². The van der Waals surface area contributed by atoms with Gasteiger partial charge in [-0.2, -0.15) is 0 Å². The summed E-state index contributed by atoms with van der Waals surface area (Å²) in [5, 5.41) is 8.23. The predicted molar refractivity (Wildman–Crippen MR) is 133 cm³/mol. The number of hydrogen-bond acceptors (Lipinski definition) is 6. The van der Waals surface area contributed by atoms with Gasteiger partial charge < -0.3 is 19.7 Å². The van der Waals surface area contributed by atoms with Crippen LogP contribution in [0, 0.1) is 0 Å². The second-order valence-corrected chi connectivity index (χ2v) is 10.2. The summed E-state index contributed by atoms with van der Waals surface area (Å²) < 4.78 is 34.8. The fourth-order valence-corrected chi connectivity index (χ4v) is 4.95. The van der Waals surface area contributed by atoms with Crippen LogP contribution in [0.5, 0.6) is 5.75 Å². The maximum Gasteiger partial charge on any atom is 0.253 e. The molecule has 0 aliphatic carbocycles. The van der Waals surface area contributed by atoms with Crippen molar-refractivity contribution in [2.45, 2.75) is 17.9 Å². The van der Waals surface area contributed by atoms with Crippen molar-refractivity contribution in [3.63, 3.8) is 0 Å². The number of benzene rings is 3. The van der Waals surface area contributed by atoms with Crippen LogP contribution in [0.25, 0.3) is 11.1 Å². The summed E-state index contributed by atoms with van der Waals surface area (Å²) in [6.07, 6.45) is 0.923. The molecule has 182 valence electrons. The predicted octanol–water partition coefficient (Wildman–Crippen LogP) is 2.70.